The number of hydrogen-bond donors (Lipinski definition) is 1. The maximum atomic E-state index is 12.8. The highest BCUT2D eigenvalue weighted by atomic mass is 16.5. The lowest BCUT2D eigenvalue weighted by atomic mass is 9.98. The number of nitrogens with one attached hydrogen (secondary N) is 1. The zero-order valence-corrected chi connectivity index (χ0v) is 20.5. The molecule has 0 fully saturated rings. The highest BCUT2D eigenvalue weighted by Crippen LogP contribution is 2.37. The van der Waals surface area contributed by atoms with Crippen LogP contribution in [0.5, 0.6) is 5.75 Å². The normalized spacial score (nSPS) is 11.2. The Balaban J connectivity index is 1.43. The van der Waals surface area contributed by atoms with E-state index in [2.05, 4.69) is 5.32 Å². The molecular weight excluding hydrogens is 454 g/mol. The van der Waals surface area contributed by atoms with Crippen LogP contribution in [0, 0.1) is 13.8 Å². The van der Waals surface area contributed by atoms with Crippen molar-refractivity contribution in [1.29, 1.82) is 0 Å². The molecule has 2 heterocycles. The van der Waals surface area contributed by atoms with Gasteiger partial charge in [0.05, 0.1) is 19.1 Å². The molecule has 0 bridgehead atoms. The van der Waals surface area contributed by atoms with Gasteiger partial charge in [-0.15, -0.1) is 0 Å². The van der Waals surface area contributed by atoms with E-state index in [1.54, 1.807) is 13.2 Å². The fourth-order valence-electron chi connectivity index (χ4n) is 4.74. The molecule has 5 aromatic rings. The van der Waals surface area contributed by atoms with Crippen molar-refractivity contribution in [3.63, 3.8) is 0 Å². The maximum absolute atomic E-state index is 12.8. The van der Waals surface area contributed by atoms with Gasteiger partial charge in [0.15, 0.2) is 0 Å². The Hall–Kier alpha value is -4.32. The van der Waals surface area contributed by atoms with Crippen LogP contribution in [0.4, 0.5) is 0 Å². The van der Waals surface area contributed by atoms with Crippen molar-refractivity contribution in [2.24, 2.45) is 0 Å². The molecule has 6 heteroatoms. The van der Waals surface area contributed by atoms with Crippen LogP contribution in [0.2, 0.25) is 0 Å². The molecule has 0 atom stereocenters. The summed E-state index contributed by atoms with van der Waals surface area (Å²) in [6, 6.07) is 21.5. The number of carbonyl (C=O) groups is 1. The largest absolute Gasteiger partial charge is 0.496 e. The first-order valence-corrected chi connectivity index (χ1v) is 11.9. The van der Waals surface area contributed by atoms with E-state index in [0.29, 0.717) is 29.7 Å². The molecule has 6 nitrogen and oxygen atoms in total. The summed E-state index contributed by atoms with van der Waals surface area (Å²) in [7, 11) is 1.63. The SMILES string of the molecule is COc1ccccc1CCNC(=O)Cc1c(C)c2cc3c(-c4ccccc4)c(C)oc3cc2oc1=O. The standard InChI is InChI=1S/C30H27NO5/c1-18-22-15-24-27(35-19(2)29(24)21-10-5-4-6-11-21)17-26(22)36-30(33)23(18)16-28(32)31-14-13-20-9-7-8-12-25(20)34-3/h4-12,15,17H,13-14,16H2,1-3H3,(H,31,32). The maximum Gasteiger partial charge on any atom is 0.340 e. The molecule has 0 aliphatic heterocycles. The van der Waals surface area contributed by atoms with Gasteiger partial charge in [0.2, 0.25) is 5.91 Å². The third-order valence-electron chi connectivity index (χ3n) is 6.58. The Morgan fingerprint density at radius 3 is 2.42 bits per heavy atom. The van der Waals surface area contributed by atoms with Gasteiger partial charge < -0.3 is 18.9 Å². The number of aryl methyl sites for hydroxylation is 2. The van der Waals surface area contributed by atoms with Gasteiger partial charge >= 0.3 is 5.63 Å². The average molecular weight is 482 g/mol. The third-order valence-corrected chi connectivity index (χ3v) is 6.58. The van der Waals surface area contributed by atoms with Crippen LogP contribution < -0.4 is 15.7 Å². The van der Waals surface area contributed by atoms with E-state index in [0.717, 1.165) is 44.5 Å². The fraction of sp³-hybridized carbons (Fsp3) is 0.200. The van der Waals surface area contributed by atoms with Gasteiger partial charge in [0.25, 0.3) is 0 Å². The predicted octanol–water partition coefficient (Wildman–Crippen LogP) is 5.73. The number of benzene rings is 3. The first-order chi connectivity index (χ1) is 17.5. The number of para-hydroxylation sites is 1. The second-order valence-electron chi connectivity index (χ2n) is 8.83. The van der Waals surface area contributed by atoms with Crippen molar-refractivity contribution in [3.05, 3.63) is 99.6 Å². The number of methoxy groups -OCH3 is 1. The van der Waals surface area contributed by atoms with Gasteiger partial charge in [-0.3, -0.25) is 4.79 Å². The Kier molecular flexibility index (Phi) is 6.34. The molecule has 3 aromatic carbocycles. The van der Waals surface area contributed by atoms with Crippen LogP contribution in [0.25, 0.3) is 33.1 Å². The second-order valence-corrected chi connectivity index (χ2v) is 8.83. The van der Waals surface area contributed by atoms with E-state index in [1.807, 2.05) is 74.5 Å². The molecule has 0 spiro atoms. The van der Waals surface area contributed by atoms with Crippen molar-refractivity contribution < 1.29 is 18.4 Å². The molecule has 5 rings (SSSR count). The van der Waals surface area contributed by atoms with Crippen molar-refractivity contribution >= 4 is 27.8 Å². The van der Waals surface area contributed by atoms with Crippen LogP contribution in [0.15, 0.2) is 80.4 Å². The van der Waals surface area contributed by atoms with Gasteiger partial charge in [-0.2, -0.15) is 0 Å². The molecule has 0 saturated heterocycles. The fourth-order valence-corrected chi connectivity index (χ4v) is 4.74. The van der Waals surface area contributed by atoms with Crippen LogP contribution in [0.3, 0.4) is 0 Å². The number of rotatable bonds is 7. The van der Waals surface area contributed by atoms with Gasteiger partial charge in [-0.25, -0.2) is 4.79 Å². The molecule has 1 N–H and O–H groups in total. The first kappa shape index (κ1) is 23.4. The number of hydrogen-bond acceptors (Lipinski definition) is 5. The Morgan fingerprint density at radius 2 is 1.64 bits per heavy atom. The number of ether oxygens (including phenoxy) is 1. The molecule has 0 aliphatic carbocycles. The summed E-state index contributed by atoms with van der Waals surface area (Å²) < 4.78 is 17.0. The number of furan rings is 1. The van der Waals surface area contributed by atoms with Crippen LogP contribution in [-0.2, 0) is 17.6 Å². The van der Waals surface area contributed by atoms with E-state index >= 15 is 0 Å². The third kappa shape index (κ3) is 4.38. The highest BCUT2D eigenvalue weighted by Gasteiger charge is 2.19. The molecule has 1 amide bonds. The molecule has 2 aromatic heterocycles. The van der Waals surface area contributed by atoms with Gasteiger partial charge in [-0.05, 0) is 49.1 Å². The molecule has 0 aliphatic rings. The Bertz CT molecular complexity index is 1630. The second kappa shape index (κ2) is 9.74. The van der Waals surface area contributed by atoms with Crippen molar-refractivity contribution in [3.8, 4) is 16.9 Å². The van der Waals surface area contributed by atoms with Crippen LogP contribution >= 0.6 is 0 Å². The van der Waals surface area contributed by atoms with Crippen molar-refractivity contribution in [2.75, 3.05) is 13.7 Å². The van der Waals surface area contributed by atoms with E-state index in [-0.39, 0.29) is 12.3 Å². The minimum absolute atomic E-state index is 0.0516. The molecule has 0 unspecified atom stereocenters. The lowest BCUT2D eigenvalue weighted by Crippen LogP contribution is -2.29. The average Bonchev–Trinajstić information content (AvgIpc) is 3.20. The summed E-state index contributed by atoms with van der Waals surface area (Å²) >= 11 is 0. The smallest absolute Gasteiger partial charge is 0.340 e. The van der Waals surface area contributed by atoms with E-state index in [1.165, 1.54) is 0 Å². The Labute approximate surface area is 208 Å². The lowest BCUT2D eigenvalue weighted by Gasteiger charge is -2.10. The Morgan fingerprint density at radius 1 is 0.917 bits per heavy atom. The monoisotopic (exact) mass is 481 g/mol. The van der Waals surface area contributed by atoms with Gasteiger partial charge in [0, 0.05) is 28.9 Å². The van der Waals surface area contributed by atoms with Gasteiger partial charge in [-0.1, -0.05) is 48.5 Å². The van der Waals surface area contributed by atoms with E-state index in [9.17, 15) is 9.59 Å². The zero-order chi connectivity index (χ0) is 25.2. The summed E-state index contributed by atoms with van der Waals surface area (Å²) in [4.78, 5) is 25.5. The molecular formula is C30H27NO5. The summed E-state index contributed by atoms with van der Waals surface area (Å²) in [5, 5.41) is 4.64. The van der Waals surface area contributed by atoms with Gasteiger partial charge in [0.1, 0.15) is 22.7 Å². The summed E-state index contributed by atoms with van der Waals surface area (Å²) in [6.07, 6.45) is 0.575. The van der Waals surface area contributed by atoms with Crippen molar-refractivity contribution in [1.82, 2.24) is 5.32 Å². The van der Waals surface area contributed by atoms with Crippen LogP contribution in [0.1, 0.15) is 22.5 Å². The molecule has 0 radical (unpaired) electrons. The highest BCUT2D eigenvalue weighted by molar-refractivity contribution is 6.03. The summed E-state index contributed by atoms with van der Waals surface area (Å²) in [5.74, 6) is 1.35. The number of amides is 1. The lowest BCUT2D eigenvalue weighted by molar-refractivity contribution is -0.120. The van der Waals surface area contributed by atoms with E-state index < -0.39 is 5.63 Å². The minimum Gasteiger partial charge on any atom is -0.496 e. The molecule has 0 saturated carbocycles. The van der Waals surface area contributed by atoms with Crippen molar-refractivity contribution in [2.45, 2.75) is 26.7 Å². The molecule has 182 valence electrons. The zero-order valence-electron chi connectivity index (χ0n) is 20.5. The first-order valence-electron chi connectivity index (χ1n) is 11.9. The van der Waals surface area contributed by atoms with E-state index in [4.69, 9.17) is 13.6 Å². The summed E-state index contributed by atoms with van der Waals surface area (Å²) in [5.41, 5.74) is 4.76. The quantitative estimate of drug-likeness (QED) is 0.300. The van der Waals surface area contributed by atoms with Crippen LogP contribution in [-0.4, -0.2) is 19.6 Å². The minimum atomic E-state index is -0.509. The molecule has 36 heavy (non-hydrogen) atoms. The number of carbonyl (C=O) groups excluding carboxylic acids is 1. The number of fused-ring (bicyclic) bond motifs is 2. The summed E-state index contributed by atoms with van der Waals surface area (Å²) in [6.45, 7) is 4.22. The predicted molar refractivity (Wildman–Crippen MR) is 141 cm³/mol. The topological polar surface area (TPSA) is 81.7 Å².